The Morgan fingerprint density at radius 1 is 1.29 bits per heavy atom. The number of hydrogen-bond donors (Lipinski definition) is 1. The quantitative estimate of drug-likeness (QED) is 0.909. The van der Waals surface area contributed by atoms with Crippen LogP contribution < -0.4 is 5.73 Å². The van der Waals surface area contributed by atoms with Crippen LogP contribution in [-0.2, 0) is 0 Å². The maximum absolute atomic E-state index is 6.04. The van der Waals surface area contributed by atoms with Crippen LogP contribution in [0.1, 0.15) is 24.1 Å². The lowest BCUT2D eigenvalue weighted by molar-refractivity contribution is 0.454. The van der Waals surface area contributed by atoms with Crippen LogP contribution in [0.4, 0.5) is 0 Å². The summed E-state index contributed by atoms with van der Waals surface area (Å²) in [4.78, 5) is 0. The normalized spacial score (nSPS) is 14.6. The summed E-state index contributed by atoms with van der Waals surface area (Å²) in [5, 5.41) is 4.87. The number of benzene rings is 1. The van der Waals surface area contributed by atoms with Gasteiger partial charge in [-0.1, -0.05) is 41.4 Å². The van der Waals surface area contributed by atoms with E-state index >= 15 is 0 Å². The summed E-state index contributed by atoms with van der Waals surface area (Å²) in [6.45, 7) is 4.04. The number of nitrogens with zero attached hydrogens (tertiary/aromatic N) is 2. The minimum atomic E-state index is -0.0336. The van der Waals surface area contributed by atoms with E-state index in [9.17, 15) is 0 Å². The van der Waals surface area contributed by atoms with Crippen LogP contribution >= 0.6 is 11.6 Å². The van der Waals surface area contributed by atoms with E-state index in [1.807, 2.05) is 11.6 Å². The molecule has 1 aromatic heterocycles. The van der Waals surface area contributed by atoms with E-state index in [-0.39, 0.29) is 12.1 Å². The van der Waals surface area contributed by atoms with E-state index < -0.39 is 0 Å². The summed E-state index contributed by atoms with van der Waals surface area (Å²) >= 11 is 5.90. The lowest BCUT2D eigenvalue weighted by atomic mass is 10.0. The van der Waals surface area contributed by atoms with Crippen molar-refractivity contribution in [2.24, 2.45) is 5.73 Å². The van der Waals surface area contributed by atoms with Crippen molar-refractivity contribution in [1.29, 1.82) is 0 Å². The van der Waals surface area contributed by atoms with Crippen LogP contribution in [0.2, 0.25) is 5.02 Å². The van der Waals surface area contributed by atoms with Crippen LogP contribution in [0.5, 0.6) is 0 Å². The molecule has 2 aromatic rings. The van der Waals surface area contributed by atoms with Crippen molar-refractivity contribution < 1.29 is 0 Å². The first kappa shape index (κ1) is 12.1. The third kappa shape index (κ3) is 2.68. The minimum Gasteiger partial charge on any atom is -0.326 e. The molecule has 0 saturated carbocycles. The van der Waals surface area contributed by atoms with Gasteiger partial charge >= 0.3 is 0 Å². The summed E-state index contributed by atoms with van der Waals surface area (Å²) in [7, 11) is 0. The Bertz CT molecular complexity index is 488. The highest BCUT2D eigenvalue weighted by molar-refractivity contribution is 6.30. The largest absolute Gasteiger partial charge is 0.326 e. The zero-order chi connectivity index (χ0) is 12.4. The van der Waals surface area contributed by atoms with Crippen molar-refractivity contribution in [2.75, 3.05) is 0 Å². The van der Waals surface area contributed by atoms with Crippen molar-refractivity contribution in [2.45, 2.75) is 25.9 Å². The van der Waals surface area contributed by atoms with Gasteiger partial charge in [-0.3, -0.25) is 4.68 Å². The predicted molar refractivity (Wildman–Crippen MR) is 70.2 cm³/mol. The maximum Gasteiger partial charge on any atom is 0.0917 e. The Morgan fingerprint density at radius 3 is 2.41 bits per heavy atom. The number of rotatable bonds is 3. The Balaban J connectivity index is 2.39. The van der Waals surface area contributed by atoms with Crippen LogP contribution in [-0.4, -0.2) is 15.8 Å². The molecule has 17 heavy (non-hydrogen) atoms. The van der Waals surface area contributed by atoms with Gasteiger partial charge in [-0.25, -0.2) is 0 Å². The van der Waals surface area contributed by atoms with E-state index in [1.165, 1.54) is 5.56 Å². The number of aryl methyl sites for hydroxylation is 1. The highest BCUT2D eigenvalue weighted by Gasteiger charge is 2.18. The molecule has 0 aliphatic rings. The predicted octanol–water partition coefficient (Wildman–Crippen LogP) is 2.78. The fourth-order valence-electron chi connectivity index (χ4n) is 1.93. The van der Waals surface area contributed by atoms with Gasteiger partial charge < -0.3 is 5.73 Å². The van der Waals surface area contributed by atoms with Crippen LogP contribution in [0, 0.1) is 6.92 Å². The van der Waals surface area contributed by atoms with Crippen LogP contribution in [0.25, 0.3) is 0 Å². The topological polar surface area (TPSA) is 43.8 Å². The standard InChI is InChI=1S/C13H16ClN3/c1-9-3-5-11(6-4-9)13(10(2)15)17-8-12(14)7-16-17/h3-8,10,13H,15H2,1-2H3. The number of halogens is 1. The van der Waals surface area contributed by atoms with Gasteiger partial charge in [-0.15, -0.1) is 0 Å². The molecule has 0 fully saturated rings. The highest BCUT2D eigenvalue weighted by Crippen LogP contribution is 2.22. The third-order valence-electron chi connectivity index (χ3n) is 2.77. The average Bonchev–Trinajstić information content (AvgIpc) is 2.68. The first-order valence-corrected chi connectivity index (χ1v) is 5.97. The zero-order valence-corrected chi connectivity index (χ0v) is 10.7. The van der Waals surface area contributed by atoms with E-state index in [2.05, 4.69) is 36.3 Å². The molecule has 1 heterocycles. The smallest absolute Gasteiger partial charge is 0.0917 e. The molecule has 4 heteroatoms. The molecule has 0 spiro atoms. The van der Waals surface area contributed by atoms with E-state index in [0.29, 0.717) is 5.02 Å². The van der Waals surface area contributed by atoms with Gasteiger partial charge in [0, 0.05) is 12.2 Å². The van der Waals surface area contributed by atoms with Crippen molar-refractivity contribution in [3.63, 3.8) is 0 Å². The van der Waals surface area contributed by atoms with Gasteiger partial charge in [0.25, 0.3) is 0 Å². The molecular weight excluding hydrogens is 234 g/mol. The van der Waals surface area contributed by atoms with Crippen molar-refractivity contribution >= 4 is 11.6 Å². The molecule has 90 valence electrons. The van der Waals surface area contributed by atoms with Gasteiger partial charge in [0.15, 0.2) is 0 Å². The van der Waals surface area contributed by atoms with Gasteiger partial charge in [-0.2, -0.15) is 5.10 Å². The van der Waals surface area contributed by atoms with Crippen molar-refractivity contribution in [3.05, 3.63) is 52.8 Å². The fraction of sp³-hybridized carbons (Fsp3) is 0.308. The molecule has 0 aliphatic heterocycles. The number of aromatic nitrogens is 2. The molecule has 2 N–H and O–H groups in total. The lowest BCUT2D eigenvalue weighted by Crippen LogP contribution is -2.30. The average molecular weight is 250 g/mol. The van der Waals surface area contributed by atoms with Crippen LogP contribution in [0.3, 0.4) is 0 Å². The molecular formula is C13H16ClN3. The molecule has 0 bridgehead atoms. The summed E-state index contributed by atoms with van der Waals surface area (Å²) < 4.78 is 1.82. The molecule has 0 aliphatic carbocycles. The number of nitrogens with two attached hydrogens (primary N) is 1. The molecule has 2 rings (SSSR count). The van der Waals surface area contributed by atoms with Crippen LogP contribution in [0.15, 0.2) is 36.7 Å². The van der Waals surface area contributed by atoms with E-state index in [1.54, 1.807) is 12.4 Å². The molecule has 3 nitrogen and oxygen atoms in total. The van der Waals surface area contributed by atoms with Gasteiger partial charge in [0.2, 0.25) is 0 Å². The van der Waals surface area contributed by atoms with Crippen molar-refractivity contribution in [3.8, 4) is 0 Å². The fourth-order valence-corrected chi connectivity index (χ4v) is 2.07. The second-order valence-electron chi connectivity index (χ2n) is 4.35. The monoisotopic (exact) mass is 249 g/mol. The summed E-state index contributed by atoms with van der Waals surface area (Å²) in [6.07, 6.45) is 3.43. The molecule has 2 atom stereocenters. The van der Waals surface area contributed by atoms with E-state index in [0.717, 1.165) is 5.56 Å². The van der Waals surface area contributed by atoms with E-state index in [4.69, 9.17) is 17.3 Å². The summed E-state index contributed by atoms with van der Waals surface area (Å²) in [5.74, 6) is 0. The first-order chi connectivity index (χ1) is 8.08. The SMILES string of the molecule is Cc1ccc(C(C(C)N)n2cc(Cl)cn2)cc1. The minimum absolute atomic E-state index is 0.0168. The Morgan fingerprint density at radius 2 is 1.94 bits per heavy atom. The zero-order valence-electron chi connectivity index (χ0n) is 9.97. The third-order valence-corrected chi connectivity index (χ3v) is 2.97. The summed E-state index contributed by atoms with van der Waals surface area (Å²) in [5.41, 5.74) is 8.42. The summed E-state index contributed by atoms with van der Waals surface area (Å²) in [6, 6.07) is 8.31. The molecule has 2 unspecified atom stereocenters. The molecule has 0 saturated heterocycles. The first-order valence-electron chi connectivity index (χ1n) is 5.59. The Labute approximate surface area is 106 Å². The Hall–Kier alpha value is -1.32. The van der Waals surface area contributed by atoms with Crippen molar-refractivity contribution in [1.82, 2.24) is 9.78 Å². The number of hydrogen-bond acceptors (Lipinski definition) is 2. The van der Waals surface area contributed by atoms with Gasteiger partial charge in [0.1, 0.15) is 0 Å². The van der Waals surface area contributed by atoms with Gasteiger partial charge in [-0.05, 0) is 19.4 Å². The lowest BCUT2D eigenvalue weighted by Gasteiger charge is -2.22. The van der Waals surface area contributed by atoms with Gasteiger partial charge in [0.05, 0.1) is 17.3 Å². The molecule has 0 amide bonds. The second-order valence-corrected chi connectivity index (χ2v) is 4.79. The molecule has 0 radical (unpaired) electrons. The Kier molecular flexibility index (Phi) is 3.50. The second kappa shape index (κ2) is 4.90. The molecule has 1 aromatic carbocycles. The highest BCUT2D eigenvalue weighted by atomic mass is 35.5. The maximum atomic E-state index is 6.04.